The normalized spacial score (nSPS) is 11.7. The van der Waals surface area contributed by atoms with Crippen molar-refractivity contribution in [2.45, 2.75) is 6.92 Å². The van der Waals surface area contributed by atoms with Gasteiger partial charge in [-0.15, -0.1) is 0 Å². The maximum absolute atomic E-state index is 13.8. The topological polar surface area (TPSA) is 102 Å². The van der Waals surface area contributed by atoms with E-state index in [0.717, 1.165) is 0 Å². The number of aromatic nitrogens is 3. The smallest absolute Gasteiger partial charge is 0.237 e. The molecule has 0 amide bonds. The molecule has 3 heterocycles. The van der Waals surface area contributed by atoms with Crippen molar-refractivity contribution in [1.82, 2.24) is 14.4 Å². The van der Waals surface area contributed by atoms with Gasteiger partial charge in [0.2, 0.25) is 16.0 Å². The van der Waals surface area contributed by atoms with E-state index >= 15 is 0 Å². The van der Waals surface area contributed by atoms with Crippen LogP contribution in [0, 0.1) is 5.95 Å². The Morgan fingerprint density at radius 1 is 1.35 bits per heavy atom. The number of imidazole rings is 1. The molecule has 3 aromatic heterocycles. The Bertz CT molecular complexity index is 984. The number of sulfonamides is 1. The van der Waals surface area contributed by atoms with Gasteiger partial charge >= 0.3 is 0 Å². The summed E-state index contributed by atoms with van der Waals surface area (Å²) in [6, 6.07) is 4.85. The third-order valence-electron chi connectivity index (χ3n) is 3.35. The van der Waals surface area contributed by atoms with E-state index in [0.29, 0.717) is 22.6 Å². The predicted molar refractivity (Wildman–Crippen MR) is 85.9 cm³/mol. The molecule has 0 aliphatic carbocycles. The van der Waals surface area contributed by atoms with Crippen LogP contribution in [-0.4, -0.2) is 28.5 Å². The quantitative estimate of drug-likeness (QED) is 0.709. The Kier molecular flexibility index (Phi) is 3.64. The summed E-state index contributed by atoms with van der Waals surface area (Å²) >= 11 is 0. The van der Waals surface area contributed by atoms with Crippen molar-refractivity contribution in [2.75, 3.05) is 16.2 Å². The zero-order valence-electron chi connectivity index (χ0n) is 12.2. The van der Waals surface area contributed by atoms with Gasteiger partial charge < -0.3 is 5.73 Å². The Balaban J connectivity index is 2.11. The molecule has 0 saturated carbocycles. The van der Waals surface area contributed by atoms with Gasteiger partial charge in [0.25, 0.3) is 0 Å². The summed E-state index contributed by atoms with van der Waals surface area (Å²) in [4.78, 5) is 7.83. The molecule has 0 unspecified atom stereocenters. The molecule has 0 aromatic carbocycles. The van der Waals surface area contributed by atoms with Crippen LogP contribution in [0.2, 0.25) is 0 Å². The Hall–Kier alpha value is -2.68. The lowest BCUT2D eigenvalue weighted by Gasteiger charge is -2.09. The second-order valence-corrected chi connectivity index (χ2v) is 6.88. The standard InChI is InChI=1S/C14H14FN5O2S/c1-2-23(21,22)19-11-6-9(7-17-13(11)15)12-8-18-14-10(16)4-3-5-20(12)14/h3-8,19H,2,16H2,1H3. The Morgan fingerprint density at radius 3 is 2.87 bits per heavy atom. The zero-order chi connectivity index (χ0) is 16.6. The lowest BCUT2D eigenvalue weighted by molar-refractivity contribution is 0.584. The van der Waals surface area contributed by atoms with E-state index in [4.69, 9.17) is 5.73 Å². The van der Waals surface area contributed by atoms with Crippen LogP contribution in [0.15, 0.2) is 36.8 Å². The van der Waals surface area contributed by atoms with Gasteiger partial charge in [-0.05, 0) is 25.1 Å². The molecule has 0 saturated heterocycles. The molecule has 0 bridgehead atoms. The molecule has 0 spiro atoms. The molecule has 7 nitrogen and oxygen atoms in total. The number of nitrogens with two attached hydrogens (primary N) is 1. The molecular formula is C14H14FN5O2S. The number of hydrogen-bond acceptors (Lipinski definition) is 5. The number of pyridine rings is 2. The van der Waals surface area contributed by atoms with Crippen LogP contribution in [0.3, 0.4) is 0 Å². The summed E-state index contributed by atoms with van der Waals surface area (Å²) in [6.07, 6.45) is 4.64. The van der Waals surface area contributed by atoms with Crippen LogP contribution >= 0.6 is 0 Å². The first-order valence-corrected chi connectivity index (χ1v) is 8.44. The number of hydrogen-bond donors (Lipinski definition) is 2. The van der Waals surface area contributed by atoms with Gasteiger partial charge in [0, 0.05) is 18.0 Å². The second kappa shape index (κ2) is 5.51. The van der Waals surface area contributed by atoms with Crippen LogP contribution in [0.1, 0.15) is 6.92 Å². The molecule has 3 N–H and O–H groups in total. The van der Waals surface area contributed by atoms with Gasteiger partial charge in [-0.3, -0.25) is 9.12 Å². The van der Waals surface area contributed by atoms with E-state index in [2.05, 4.69) is 14.7 Å². The van der Waals surface area contributed by atoms with E-state index in [9.17, 15) is 12.8 Å². The zero-order valence-corrected chi connectivity index (χ0v) is 13.0. The summed E-state index contributed by atoms with van der Waals surface area (Å²) in [7, 11) is -3.60. The Labute approximate surface area is 132 Å². The molecule has 120 valence electrons. The van der Waals surface area contributed by atoms with Gasteiger partial charge in [-0.2, -0.15) is 4.39 Å². The first-order valence-electron chi connectivity index (χ1n) is 6.79. The summed E-state index contributed by atoms with van der Waals surface area (Å²) in [6.45, 7) is 1.46. The van der Waals surface area contributed by atoms with E-state index in [1.165, 1.54) is 19.2 Å². The minimum Gasteiger partial charge on any atom is -0.396 e. The fourth-order valence-corrected chi connectivity index (χ4v) is 2.77. The van der Waals surface area contributed by atoms with Crippen LogP contribution in [0.4, 0.5) is 15.8 Å². The highest BCUT2D eigenvalue weighted by atomic mass is 32.2. The van der Waals surface area contributed by atoms with Crippen LogP contribution < -0.4 is 10.5 Å². The van der Waals surface area contributed by atoms with E-state index in [-0.39, 0.29) is 11.4 Å². The van der Waals surface area contributed by atoms with Crippen molar-refractivity contribution in [3.05, 3.63) is 42.7 Å². The first kappa shape index (κ1) is 15.2. The molecule has 0 radical (unpaired) electrons. The van der Waals surface area contributed by atoms with Crippen molar-refractivity contribution >= 4 is 27.0 Å². The molecule has 0 fully saturated rings. The third kappa shape index (κ3) is 2.82. The number of halogens is 1. The van der Waals surface area contributed by atoms with Crippen LogP contribution in [0.25, 0.3) is 16.9 Å². The summed E-state index contributed by atoms with van der Waals surface area (Å²) in [5.74, 6) is -1.05. The van der Waals surface area contributed by atoms with Gasteiger partial charge in [0.15, 0.2) is 5.65 Å². The van der Waals surface area contributed by atoms with Crippen molar-refractivity contribution in [3.8, 4) is 11.3 Å². The van der Waals surface area contributed by atoms with Crippen LogP contribution in [0.5, 0.6) is 0 Å². The average molecular weight is 335 g/mol. The molecule has 23 heavy (non-hydrogen) atoms. The van der Waals surface area contributed by atoms with E-state index < -0.39 is 16.0 Å². The van der Waals surface area contributed by atoms with Crippen LogP contribution in [-0.2, 0) is 10.0 Å². The summed E-state index contributed by atoms with van der Waals surface area (Å²) in [5, 5.41) is 0. The molecule has 3 rings (SSSR count). The number of nitrogen functional groups attached to an aromatic ring is 1. The van der Waals surface area contributed by atoms with Gasteiger partial charge in [-0.25, -0.2) is 18.4 Å². The average Bonchev–Trinajstić information content (AvgIpc) is 2.95. The lowest BCUT2D eigenvalue weighted by Crippen LogP contribution is -2.16. The van der Waals surface area contributed by atoms with Crippen molar-refractivity contribution < 1.29 is 12.8 Å². The van der Waals surface area contributed by atoms with E-state index in [1.807, 2.05) is 0 Å². The van der Waals surface area contributed by atoms with Crippen molar-refractivity contribution in [3.63, 3.8) is 0 Å². The summed E-state index contributed by atoms with van der Waals surface area (Å²) in [5.41, 5.74) is 7.84. The van der Waals surface area contributed by atoms with Crippen molar-refractivity contribution in [2.24, 2.45) is 0 Å². The Morgan fingerprint density at radius 2 is 2.13 bits per heavy atom. The predicted octanol–water partition coefficient (Wildman–Crippen LogP) is 1.88. The largest absolute Gasteiger partial charge is 0.396 e. The fourth-order valence-electron chi connectivity index (χ4n) is 2.15. The second-order valence-electron chi connectivity index (χ2n) is 4.87. The van der Waals surface area contributed by atoms with E-state index in [1.54, 1.807) is 28.9 Å². The number of rotatable bonds is 4. The minimum absolute atomic E-state index is 0.164. The molecular weight excluding hydrogens is 321 g/mol. The summed E-state index contributed by atoms with van der Waals surface area (Å²) < 4.78 is 41.0. The maximum atomic E-state index is 13.8. The SMILES string of the molecule is CCS(=O)(=O)Nc1cc(-c2cnc3c(N)cccn23)cnc1F. The molecule has 0 aliphatic rings. The molecule has 0 atom stereocenters. The maximum Gasteiger partial charge on any atom is 0.237 e. The number of fused-ring (bicyclic) bond motifs is 1. The number of nitrogens with zero attached hydrogens (tertiary/aromatic N) is 3. The molecule has 9 heteroatoms. The highest BCUT2D eigenvalue weighted by Crippen LogP contribution is 2.26. The third-order valence-corrected chi connectivity index (χ3v) is 4.64. The van der Waals surface area contributed by atoms with Gasteiger partial charge in [0.05, 0.1) is 23.3 Å². The van der Waals surface area contributed by atoms with Gasteiger partial charge in [-0.1, -0.05) is 0 Å². The minimum atomic E-state index is -3.60. The molecule has 3 aromatic rings. The monoisotopic (exact) mass is 335 g/mol. The fraction of sp³-hybridized carbons (Fsp3) is 0.143. The first-order chi connectivity index (χ1) is 10.9. The highest BCUT2D eigenvalue weighted by molar-refractivity contribution is 7.92. The van der Waals surface area contributed by atoms with Crippen molar-refractivity contribution in [1.29, 1.82) is 0 Å². The number of nitrogens with one attached hydrogen (secondary N) is 1. The highest BCUT2D eigenvalue weighted by Gasteiger charge is 2.15. The molecule has 0 aliphatic heterocycles. The number of anilines is 2. The lowest BCUT2D eigenvalue weighted by atomic mass is 10.2. The van der Waals surface area contributed by atoms with Gasteiger partial charge in [0.1, 0.15) is 5.69 Å².